The van der Waals surface area contributed by atoms with Crippen molar-refractivity contribution in [1.82, 2.24) is 14.3 Å². The van der Waals surface area contributed by atoms with Crippen molar-refractivity contribution < 1.29 is 4.74 Å². The Labute approximate surface area is 155 Å². The zero-order chi connectivity index (χ0) is 17.1. The Hall–Kier alpha value is -1.83. The molecule has 2 aromatic heterocycles. The van der Waals surface area contributed by atoms with E-state index >= 15 is 0 Å². The van der Waals surface area contributed by atoms with Crippen LogP contribution in [0.25, 0.3) is 10.4 Å². The van der Waals surface area contributed by atoms with Crippen LogP contribution in [0.3, 0.4) is 0 Å². The van der Waals surface area contributed by atoms with Gasteiger partial charge in [-0.25, -0.2) is 9.97 Å². The van der Waals surface area contributed by atoms with Gasteiger partial charge in [-0.3, -0.25) is 0 Å². The van der Waals surface area contributed by atoms with Crippen LogP contribution in [-0.4, -0.2) is 27.6 Å². The maximum Gasteiger partial charge on any atom is 0.202 e. The molecule has 0 spiro atoms. The Morgan fingerprint density at radius 2 is 2.00 bits per heavy atom. The maximum atomic E-state index is 5.41. The molecule has 1 fully saturated rings. The van der Waals surface area contributed by atoms with Crippen molar-refractivity contribution in [3.63, 3.8) is 0 Å². The summed E-state index contributed by atoms with van der Waals surface area (Å²) in [6.45, 7) is 4.44. The number of aryl methyl sites for hydroxylation is 1. The number of anilines is 1. The van der Waals surface area contributed by atoms with Crippen molar-refractivity contribution in [3.8, 4) is 10.4 Å². The van der Waals surface area contributed by atoms with Gasteiger partial charge in [-0.05, 0) is 30.9 Å². The topological polar surface area (TPSA) is 59.9 Å². The van der Waals surface area contributed by atoms with Gasteiger partial charge in [0.2, 0.25) is 5.13 Å². The molecule has 5 nitrogen and oxygen atoms in total. The average Bonchev–Trinajstić information content (AvgIpc) is 3.30. The molecule has 0 aliphatic carbocycles. The molecule has 0 atom stereocenters. The van der Waals surface area contributed by atoms with Gasteiger partial charge in [-0.15, -0.1) is 11.3 Å². The maximum absolute atomic E-state index is 5.41. The van der Waals surface area contributed by atoms with Crippen LogP contribution in [-0.2, 0) is 11.3 Å². The third-order valence-corrected chi connectivity index (χ3v) is 6.10. The second-order valence-electron chi connectivity index (χ2n) is 6.16. The minimum absolute atomic E-state index is 0.447. The van der Waals surface area contributed by atoms with E-state index in [1.165, 1.54) is 27.5 Å². The highest BCUT2D eigenvalue weighted by Crippen LogP contribution is 2.28. The number of hydrogen-bond acceptors (Lipinski definition) is 7. The highest BCUT2D eigenvalue weighted by molar-refractivity contribution is 7.13. The lowest BCUT2D eigenvalue weighted by atomic mass is 10.00. The molecular weight excluding hydrogens is 352 g/mol. The molecule has 25 heavy (non-hydrogen) atoms. The van der Waals surface area contributed by atoms with Crippen molar-refractivity contribution in [2.24, 2.45) is 0 Å². The summed E-state index contributed by atoms with van der Waals surface area (Å²) in [7, 11) is 0. The van der Waals surface area contributed by atoms with E-state index in [1.54, 1.807) is 11.3 Å². The van der Waals surface area contributed by atoms with Crippen LogP contribution < -0.4 is 5.32 Å². The van der Waals surface area contributed by atoms with E-state index in [0.717, 1.165) is 49.3 Å². The predicted molar refractivity (Wildman–Crippen MR) is 102 cm³/mol. The SMILES string of the molecule is Cc1ncsc1-c1ccc(CNc2nc(C3CCOCC3)ns2)cc1. The Balaban J connectivity index is 1.37. The first-order chi connectivity index (χ1) is 12.3. The monoisotopic (exact) mass is 372 g/mol. The van der Waals surface area contributed by atoms with Crippen molar-refractivity contribution >= 4 is 28.0 Å². The molecule has 7 heteroatoms. The molecule has 1 aliphatic heterocycles. The molecule has 0 unspecified atom stereocenters. The number of rotatable bonds is 5. The molecule has 0 saturated carbocycles. The molecule has 130 valence electrons. The fraction of sp³-hybridized carbons (Fsp3) is 0.389. The summed E-state index contributed by atoms with van der Waals surface area (Å²) in [4.78, 5) is 10.2. The second-order valence-corrected chi connectivity index (χ2v) is 7.77. The first kappa shape index (κ1) is 16.6. The third-order valence-electron chi connectivity index (χ3n) is 4.43. The van der Waals surface area contributed by atoms with Gasteiger partial charge < -0.3 is 10.1 Å². The molecule has 1 N–H and O–H groups in total. The van der Waals surface area contributed by atoms with E-state index < -0.39 is 0 Å². The molecule has 4 rings (SSSR count). The fourth-order valence-electron chi connectivity index (χ4n) is 2.96. The summed E-state index contributed by atoms with van der Waals surface area (Å²) in [6.07, 6.45) is 2.04. The summed E-state index contributed by atoms with van der Waals surface area (Å²) in [5, 5.41) is 4.28. The molecule has 0 radical (unpaired) electrons. The van der Waals surface area contributed by atoms with Crippen molar-refractivity contribution in [2.75, 3.05) is 18.5 Å². The summed E-state index contributed by atoms with van der Waals surface area (Å²) in [6, 6.07) is 8.62. The van der Waals surface area contributed by atoms with Crippen LogP contribution in [0, 0.1) is 6.92 Å². The molecule has 1 aromatic carbocycles. The van der Waals surface area contributed by atoms with E-state index in [1.807, 2.05) is 12.4 Å². The smallest absolute Gasteiger partial charge is 0.202 e. The zero-order valence-electron chi connectivity index (χ0n) is 14.1. The fourth-order valence-corrected chi connectivity index (χ4v) is 4.41. The van der Waals surface area contributed by atoms with Gasteiger partial charge in [0, 0.05) is 37.2 Å². The predicted octanol–water partition coefficient (Wildman–Crippen LogP) is 4.48. The summed E-state index contributed by atoms with van der Waals surface area (Å²) < 4.78 is 9.92. The van der Waals surface area contributed by atoms with Gasteiger partial charge in [-0.2, -0.15) is 4.37 Å². The molecule has 0 amide bonds. The van der Waals surface area contributed by atoms with Crippen LogP contribution in [0.2, 0.25) is 0 Å². The number of thiazole rings is 1. The third kappa shape index (κ3) is 3.89. The van der Waals surface area contributed by atoms with Gasteiger partial charge in [0.15, 0.2) is 0 Å². The number of nitrogens with zero attached hydrogens (tertiary/aromatic N) is 3. The number of hydrogen-bond donors (Lipinski definition) is 1. The first-order valence-corrected chi connectivity index (χ1v) is 10.1. The van der Waals surface area contributed by atoms with Crippen LogP contribution >= 0.6 is 22.9 Å². The lowest BCUT2D eigenvalue weighted by Gasteiger charge is -2.18. The zero-order valence-corrected chi connectivity index (χ0v) is 15.7. The average molecular weight is 373 g/mol. The summed E-state index contributed by atoms with van der Waals surface area (Å²) in [5.74, 6) is 1.41. The summed E-state index contributed by atoms with van der Waals surface area (Å²) in [5.41, 5.74) is 5.44. The van der Waals surface area contributed by atoms with Crippen molar-refractivity contribution in [3.05, 3.63) is 46.9 Å². The molecule has 1 saturated heterocycles. The largest absolute Gasteiger partial charge is 0.381 e. The molecule has 3 aromatic rings. The number of ether oxygens (including phenoxy) is 1. The molecular formula is C18H20N4OS2. The summed E-state index contributed by atoms with van der Waals surface area (Å²) >= 11 is 3.13. The lowest BCUT2D eigenvalue weighted by molar-refractivity contribution is 0.0838. The molecule has 1 aliphatic rings. The minimum Gasteiger partial charge on any atom is -0.381 e. The van der Waals surface area contributed by atoms with E-state index in [-0.39, 0.29) is 0 Å². The second kappa shape index (κ2) is 7.59. The van der Waals surface area contributed by atoms with Gasteiger partial charge in [-0.1, -0.05) is 24.3 Å². The molecule has 3 heterocycles. The molecule has 0 bridgehead atoms. The first-order valence-electron chi connectivity index (χ1n) is 8.44. The van der Waals surface area contributed by atoms with E-state index in [2.05, 4.69) is 43.9 Å². The van der Waals surface area contributed by atoms with Crippen LogP contribution in [0.5, 0.6) is 0 Å². The normalized spacial score (nSPS) is 15.4. The minimum atomic E-state index is 0.447. The van der Waals surface area contributed by atoms with Crippen LogP contribution in [0.1, 0.15) is 35.8 Å². The van der Waals surface area contributed by atoms with Gasteiger partial charge >= 0.3 is 0 Å². The number of aromatic nitrogens is 3. The Morgan fingerprint density at radius 3 is 2.72 bits per heavy atom. The standard InChI is InChI=1S/C18H20N4OS2/c1-12-16(24-11-20-12)14-4-2-13(3-5-14)10-19-18-21-17(22-25-18)15-6-8-23-9-7-15/h2-5,11,15H,6-10H2,1H3,(H,19,21,22). The highest BCUT2D eigenvalue weighted by atomic mass is 32.1. The highest BCUT2D eigenvalue weighted by Gasteiger charge is 2.20. The van der Waals surface area contributed by atoms with Gasteiger partial charge in [0.25, 0.3) is 0 Å². The Kier molecular flexibility index (Phi) is 5.05. The van der Waals surface area contributed by atoms with Crippen LogP contribution in [0.15, 0.2) is 29.8 Å². The Morgan fingerprint density at radius 1 is 1.20 bits per heavy atom. The van der Waals surface area contributed by atoms with E-state index in [0.29, 0.717) is 5.92 Å². The van der Waals surface area contributed by atoms with E-state index in [9.17, 15) is 0 Å². The number of benzene rings is 1. The van der Waals surface area contributed by atoms with Crippen LogP contribution in [0.4, 0.5) is 5.13 Å². The van der Waals surface area contributed by atoms with Crippen molar-refractivity contribution in [2.45, 2.75) is 32.2 Å². The van der Waals surface area contributed by atoms with Crippen molar-refractivity contribution in [1.29, 1.82) is 0 Å². The lowest BCUT2D eigenvalue weighted by Crippen LogP contribution is -2.15. The van der Waals surface area contributed by atoms with Gasteiger partial charge in [0.05, 0.1) is 16.1 Å². The quantitative estimate of drug-likeness (QED) is 0.716. The van der Waals surface area contributed by atoms with Gasteiger partial charge in [0.1, 0.15) is 5.82 Å². The Bertz CT molecular complexity index is 822. The number of nitrogens with one attached hydrogen (secondary N) is 1. The van der Waals surface area contributed by atoms with E-state index in [4.69, 9.17) is 4.74 Å².